The Labute approximate surface area is 125 Å². The lowest BCUT2D eigenvalue weighted by Crippen LogP contribution is -1.96. The van der Waals surface area contributed by atoms with Crippen LogP contribution in [-0.4, -0.2) is 9.97 Å². The molecule has 1 aliphatic rings. The fourth-order valence-electron chi connectivity index (χ4n) is 2.71. The zero-order valence-corrected chi connectivity index (χ0v) is 12.3. The number of fused-ring (bicyclic) bond motifs is 3. The maximum Gasteiger partial charge on any atom is 0.142 e. The van der Waals surface area contributed by atoms with Gasteiger partial charge in [-0.25, -0.2) is 9.97 Å². The first-order valence-corrected chi connectivity index (χ1v) is 7.79. The minimum atomic E-state index is 0.700. The van der Waals surface area contributed by atoms with Crippen molar-refractivity contribution in [1.29, 1.82) is 0 Å². The first-order valence-electron chi connectivity index (χ1n) is 6.60. The fourth-order valence-corrected chi connectivity index (χ4v) is 4.13. The minimum absolute atomic E-state index is 0.700. The van der Waals surface area contributed by atoms with Crippen molar-refractivity contribution >= 4 is 44.7 Å². The topological polar surface area (TPSA) is 37.8 Å². The molecule has 0 fully saturated rings. The van der Waals surface area contributed by atoms with Gasteiger partial charge in [0.15, 0.2) is 0 Å². The molecular weight excluding hydrogens is 290 g/mol. The van der Waals surface area contributed by atoms with Gasteiger partial charge in [-0.3, -0.25) is 0 Å². The van der Waals surface area contributed by atoms with Crippen molar-refractivity contribution in [2.75, 3.05) is 5.32 Å². The minimum Gasteiger partial charge on any atom is -0.338 e. The maximum absolute atomic E-state index is 6.21. The number of hydrogen-bond acceptors (Lipinski definition) is 4. The van der Waals surface area contributed by atoms with Crippen molar-refractivity contribution in [3.8, 4) is 0 Å². The lowest BCUT2D eigenvalue weighted by molar-refractivity contribution is 0.917. The normalized spacial score (nSPS) is 13.7. The van der Waals surface area contributed by atoms with Crippen molar-refractivity contribution < 1.29 is 0 Å². The summed E-state index contributed by atoms with van der Waals surface area (Å²) in [5.41, 5.74) is 2.30. The molecule has 0 amide bonds. The van der Waals surface area contributed by atoms with Gasteiger partial charge in [0.05, 0.1) is 16.1 Å². The second kappa shape index (κ2) is 4.72. The van der Waals surface area contributed by atoms with E-state index in [1.165, 1.54) is 28.7 Å². The van der Waals surface area contributed by atoms with E-state index in [0.717, 1.165) is 22.8 Å². The number of aryl methyl sites for hydroxylation is 2. The number of benzene rings is 1. The van der Waals surface area contributed by atoms with Gasteiger partial charge in [-0.15, -0.1) is 11.3 Å². The largest absolute Gasteiger partial charge is 0.338 e. The molecule has 3 nitrogen and oxygen atoms in total. The Kier molecular flexibility index (Phi) is 2.86. The molecule has 20 heavy (non-hydrogen) atoms. The predicted molar refractivity (Wildman–Crippen MR) is 84.2 cm³/mol. The average molecular weight is 302 g/mol. The summed E-state index contributed by atoms with van der Waals surface area (Å²) in [7, 11) is 0. The third-order valence-corrected chi connectivity index (χ3v) is 5.16. The fraction of sp³-hybridized carbons (Fsp3) is 0.200. The first-order chi connectivity index (χ1) is 9.83. The first kappa shape index (κ1) is 12.1. The molecule has 1 aliphatic carbocycles. The number of nitrogens with one attached hydrogen (secondary N) is 1. The third-order valence-electron chi connectivity index (χ3n) is 3.63. The molecule has 0 saturated carbocycles. The van der Waals surface area contributed by atoms with Gasteiger partial charge in [-0.05, 0) is 37.0 Å². The number of thiophene rings is 1. The highest BCUT2D eigenvalue weighted by molar-refractivity contribution is 7.19. The Morgan fingerprint density at radius 1 is 1.15 bits per heavy atom. The lowest BCUT2D eigenvalue weighted by atomic mass is 10.2. The van der Waals surface area contributed by atoms with Crippen LogP contribution >= 0.6 is 22.9 Å². The SMILES string of the molecule is Clc1ccccc1Nc1ncnc2sc3c(c12)CCC3. The quantitative estimate of drug-likeness (QED) is 0.753. The summed E-state index contributed by atoms with van der Waals surface area (Å²) in [6.07, 6.45) is 5.15. The summed E-state index contributed by atoms with van der Waals surface area (Å²) >= 11 is 8.00. The number of aromatic nitrogens is 2. The van der Waals surface area contributed by atoms with Crippen LogP contribution in [0.25, 0.3) is 10.2 Å². The molecule has 1 N–H and O–H groups in total. The van der Waals surface area contributed by atoms with Gasteiger partial charge >= 0.3 is 0 Å². The van der Waals surface area contributed by atoms with Crippen molar-refractivity contribution in [3.63, 3.8) is 0 Å². The Hall–Kier alpha value is -1.65. The molecule has 0 radical (unpaired) electrons. The van der Waals surface area contributed by atoms with Gasteiger partial charge in [0.2, 0.25) is 0 Å². The molecule has 1 aromatic carbocycles. The van der Waals surface area contributed by atoms with E-state index in [0.29, 0.717) is 5.02 Å². The van der Waals surface area contributed by atoms with Crippen LogP contribution in [0.3, 0.4) is 0 Å². The number of hydrogen-bond donors (Lipinski definition) is 1. The van der Waals surface area contributed by atoms with Crippen LogP contribution in [0, 0.1) is 0 Å². The number of anilines is 2. The Balaban J connectivity index is 1.86. The van der Waals surface area contributed by atoms with E-state index in [4.69, 9.17) is 11.6 Å². The Bertz CT molecular complexity index is 797. The molecule has 0 saturated heterocycles. The molecule has 4 rings (SSSR count). The molecule has 100 valence electrons. The Morgan fingerprint density at radius 2 is 2.05 bits per heavy atom. The highest BCUT2D eigenvalue weighted by Crippen LogP contribution is 2.40. The van der Waals surface area contributed by atoms with Crippen LogP contribution in [0.2, 0.25) is 5.02 Å². The zero-order valence-electron chi connectivity index (χ0n) is 10.7. The van der Waals surface area contributed by atoms with E-state index in [1.54, 1.807) is 17.7 Å². The second-order valence-electron chi connectivity index (χ2n) is 4.86. The molecule has 2 aromatic heterocycles. The maximum atomic E-state index is 6.21. The number of halogens is 1. The summed E-state index contributed by atoms with van der Waals surface area (Å²) in [5, 5.41) is 5.23. The molecule has 0 atom stereocenters. The van der Waals surface area contributed by atoms with E-state index >= 15 is 0 Å². The zero-order chi connectivity index (χ0) is 13.5. The summed E-state index contributed by atoms with van der Waals surface area (Å²) < 4.78 is 0. The molecule has 0 aliphatic heterocycles. The summed E-state index contributed by atoms with van der Waals surface area (Å²) in [6, 6.07) is 7.72. The molecule has 2 heterocycles. The van der Waals surface area contributed by atoms with Crippen LogP contribution < -0.4 is 5.32 Å². The van der Waals surface area contributed by atoms with E-state index in [2.05, 4.69) is 15.3 Å². The third kappa shape index (κ3) is 1.87. The molecule has 0 bridgehead atoms. The van der Waals surface area contributed by atoms with Crippen molar-refractivity contribution in [3.05, 3.63) is 46.1 Å². The number of rotatable bonds is 2. The summed E-state index contributed by atoms with van der Waals surface area (Å²) in [5.74, 6) is 0.863. The second-order valence-corrected chi connectivity index (χ2v) is 6.36. The Morgan fingerprint density at radius 3 is 2.95 bits per heavy atom. The molecule has 3 aromatic rings. The van der Waals surface area contributed by atoms with E-state index in [1.807, 2.05) is 24.3 Å². The van der Waals surface area contributed by atoms with Crippen molar-refractivity contribution in [2.45, 2.75) is 19.3 Å². The van der Waals surface area contributed by atoms with Crippen LogP contribution in [0.1, 0.15) is 16.9 Å². The standard InChI is InChI=1S/C15H12ClN3S/c16-10-5-1-2-6-11(10)19-14-13-9-4-3-7-12(9)20-15(13)18-8-17-14/h1-2,5-6,8H,3-4,7H2,(H,17,18,19). The van der Waals surface area contributed by atoms with Gasteiger partial charge in [-0.1, -0.05) is 23.7 Å². The smallest absolute Gasteiger partial charge is 0.142 e. The molecule has 5 heteroatoms. The van der Waals surface area contributed by atoms with Crippen molar-refractivity contribution in [2.24, 2.45) is 0 Å². The van der Waals surface area contributed by atoms with Gasteiger partial charge < -0.3 is 5.32 Å². The van der Waals surface area contributed by atoms with E-state index in [-0.39, 0.29) is 0 Å². The number of nitrogens with zero attached hydrogens (tertiary/aromatic N) is 2. The highest BCUT2D eigenvalue weighted by atomic mass is 35.5. The summed E-state index contributed by atoms with van der Waals surface area (Å²) in [4.78, 5) is 11.4. The number of para-hydroxylation sites is 1. The molecule has 0 spiro atoms. The van der Waals surface area contributed by atoms with E-state index in [9.17, 15) is 0 Å². The molecule has 0 unspecified atom stereocenters. The van der Waals surface area contributed by atoms with Crippen LogP contribution in [0.15, 0.2) is 30.6 Å². The van der Waals surface area contributed by atoms with Gasteiger partial charge in [0, 0.05) is 4.88 Å². The monoisotopic (exact) mass is 301 g/mol. The summed E-state index contributed by atoms with van der Waals surface area (Å²) in [6.45, 7) is 0. The predicted octanol–water partition coefficient (Wildman–Crippen LogP) is 4.58. The van der Waals surface area contributed by atoms with E-state index < -0.39 is 0 Å². The average Bonchev–Trinajstić information content (AvgIpc) is 3.02. The van der Waals surface area contributed by atoms with Gasteiger partial charge in [-0.2, -0.15) is 0 Å². The molecular formula is C15H12ClN3S. The van der Waals surface area contributed by atoms with Crippen LogP contribution in [-0.2, 0) is 12.8 Å². The van der Waals surface area contributed by atoms with Crippen LogP contribution in [0.4, 0.5) is 11.5 Å². The lowest BCUT2D eigenvalue weighted by Gasteiger charge is -2.09. The van der Waals surface area contributed by atoms with Crippen molar-refractivity contribution in [1.82, 2.24) is 9.97 Å². The van der Waals surface area contributed by atoms with Gasteiger partial charge in [0.25, 0.3) is 0 Å². The van der Waals surface area contributed by atoms with Crippen LogP contribution in [0.5, 0.6) is 0 Å². The highest BCUT2D eigenvalue weighted by Gasteiger charge is 2.21. The van der Waals surface area contributed by atoms with Gasteiger partial charge in [0.1, 0.15) is 17.0 Å².